The van der Waals surface area contributed by atoms with Crippen molar-refractivity contribution in [1.29, 1.82) is 0 Å². The number of rotatable bonds is 6. The van der Waals surface area contributed by atoms with E-state index in [0.717, 1.165) is 49.2 Å². The van der Waals surface area contributed by atoms with Crippen LogP contribution < -0.4 is 5.32 Å². The molecule has 0 radical (unpaired) electrons. The first-order valence-corrected chi connectivity index (χ1v) is 9.87. The Bertz CT molecular complexity index is 718. The van der Waals surface area contributed by atoms with Crippen LogP contribution >= 0.6 is 0 Å². The molecule has 0 aliphatic carbocycles. The lowest BCUT2D eigenvalue weighted by Gasteiger charge is -2.35. The van der Waals surface area contributed by atoms with Crippen LogP contribution in [0.4, 0.5) is 10.6 Å². The third-order valence-corrected chi connectivity index (χ3v) is 5.12. The molecule has 5 heteroatoms. The summed E-state index contributed by atoms with van der Waals surface area (Å²) >= 11 is 0. The molecule has 1 aromatic carbocycles. The van der Waals surface area contributed by atoms with Crippen molar-refractivity contribution in [2.24, 2.45) is 0 Å². The third-order valence-electron chi connectivity index (χ3n) is 5.12. The zero-order valence-corrected chi connectivity index (χ0v) is 16.2. The number of piperidine rings is 1. The highest BCUT2D eigenvalue weighted by Crippen LogP contribution is 2.31. The molecular weight excluding hydrogens is 338 g/mol. The van der Waals surface area contributed by atoms with E-state index in [0.29, 0.717) is 12.6 Å². The largest absolute Gasteiger partial charge is 0.445 e. The second-order valence-electron chi connectivity index (χ2n) is 7.18. The maximum absolute atomic E-state index is 12.7. The molecule has 0 spiro atoms. The van der Waals surface area contributed by atoms with Crippen LogP contribution in [0, 0.1) is 0 Å². The molecule has 1 aliphatic rings. The summed E-state index contributed by atoms with van der Waals surface area (Å²) in [6, 6.07) is 14.3. The van der Waals surface area contributed by atoms with Crippen LogP contribution in [0.15, 0.2) is 48.7 Å². The first-order chi connectivity index (χ1) is 13.2. The summed E-state index contributed by atoms with van der Waals surface area (Å²) in [6.07, 6.45) is 5.76. The first-order valence-electron chi connectivity index (χ1n) is 9.87. The highest BCUT2D eigenvalue weighted by atomic mass is 16.6. The van der Waals surface area contributed by atoms with Crippen LogP contribution in [0.25, 0.3) is 0 Å². The molecule has 1 saturated heterocycles. The van der Waals surface area contributed by atoms with Crippen LogP contribution in [-0.2, 0) is 11.3 Å². The molecule has 27 heavy (non-hydrogen) atoms. The van der Waals surface area contributed by atoms with Crippen molar-refractivity contribution in [2.45, 2.75) is 58.2 Å². The fourth-order valence-corrected chi connectivity index (χ4v) is 3.34. The SMILES string of the molecule is CC[C@@H](C)Nc1ccc([C@@H]2CCCCN2C(=O)OCc2ccccc2)cn1. The Kier molecular flexibility index (Phi) is 6.69. The van der Waals surface area contributed by atoms with Crippen LogP contribution in [-0.4, -0.2) is 28.6 Å². The Morgan fingerprint density at radius 1 is 1.26 bits per heavy atom. The van der Waals surface area contributed by atoms with Crippen LogP contribution in [0.2, 0.25) is 0 Å². The fourth-order valence-electron chi connectivity index (χ4n) is 3.34. The molecule has 2 atom stereocenters. The predicted molar refractivity (Wildman–Crippen MR) is 108 cm³/mol. The van der Waals surface area contributed by atoms with Crippen molar-refractivity contribution in [3.63, 3.8) is 0 Å². The Morgan fingerprint density at radius 3 is 2.78 bits per heavy atom. The number of nitrogens with zero attached hydrogens (tertiary/aromatic N) is 2. The van der Waals surface area contributed by atoms with Gasteiger partial charge in [0, 0.05) is 18.8 Å². The average molecular weight is 367 g/mol. The van der Waals surface area contributed by atoms with Crippen molar-refractivity contribution >= 4 is 11.9 Å². The summed E-state index contributed by atoms with van der Waals surface area (Å²) in [5, 5.41) is 3.38. The minimum atomic E-state index is -0.245. The van der Waals surface area contributed by atoms with E-state index in [1.807, 2.05) is 47.5 Å². The van der Waals surface area contributed by atoms with E-state index in [2.05, 4.69) is 30.2 Å². The van der Waals surface area contributed by atoms with Gasteiger partial charge >= 0.3 is 6.09 Å². The fraction of sp³-hybridized carbons (Fsp3) is 0.455. The lowest BCUT2D eigenvalue weighted by Crippen LogP contribution is -2.38. The molecule has 144 valence electrons. The summed E-state index contributed by atoms with van der Waals surface area (Å²) in [5.41, 5.74) is 2.07. The topological polar surface area (TPSA) is 54.5 Å². The summed E-state index contributed by atoms with van der Waals surface area (Å²) in [6.45, 7) is 5.32. The third kappa shape index (κ3) is 5.22. The van der Waals surface area contributed by atoms with E-state index >= 15 is 0 Å². The van der Waals surface area contributed by atoms with Gasteiger partial charge in [0.2, 0.25) is 0 Å². The number of ether oxygens (including phenoxy) is 1. The maximum atomic E-state index is 12.7. The molecule has 2 heterocycles. The number of likely N-dealkylation sites (tertiary alicyclic amines) is 1. The summed E-state index contributed by atoms with van der Waals surface area (Å²) in [5.74, 6) is 0.877. The second-order valence-corrected chi connectivity index (χ2v) is 7.18. The van der Waals surface area contributed by atoms with Crippen molar-refractivity contribution < 1.29 is 9.53 Å². The molecule has 0 unspecified atom stereocenters. The van der Waals surface area contributed by atoms with Crippen molar-refractivity contribution in [3.8, 4) is 0 Å². The van der Waals surface area contributed by atoms with E-state index in [4.69, 9.17) is 4.74 Å². The number of hydrogen-bond donors (Lipinski definition) is 1. The summed E-state index contributed by atoms with van der Waals surface area (Å²) < 4.78 is 5.56. The van der Waals surface area contributed by atoms with Crippen molar-refractivity contribution in [1.82, 2.24) is 9.88 Å². The van der Waals surface area contributed by atoms with E-state index in [1.165, 1.54) is 0 Å². The molecule has 0 bridgehead atoms. The van der Waals surface area contributed by atoms with Gasteiger partial charge in [0.05, 0.1) is 6.04 Å². The van der Waals surface area contributed by atoms with E-state index in [1.54, 1.807) is 0 Å². The number of anilines is 1. The minimum Gasteiger partial charge on any atom is -0.445 e. The van der Waals surface area contributed by atoms with Gasteiger partial charge in [-0.2, -0.15) is 0 Å². The number of amides is 1. The number of nitrogens with one attached hydrogen (secondary N) is 1. The lowest BCUT2D eigenvalue weighted by molar-refractivity contribution is 0.0678. The molecule has 1 aliphatic heterocycles. The second kappa shape index (κ2) is 9.40. The summed E-state index contributed by atoms with van der Waals surface area (Å²) in [7, 11) is 0. The Morgan fingerprint density at radius 2 is 2.07 bits per heavy atom. The maximum Gasteiger partial charge on any atom is 0.410 e. The van der Waals surface area contributed by atoms with Crippen LogP contribution in [0.3, 0.4) is 0 Å². The molecule has 1 aromatic heterocycles. The zero-order valence-electron chi connectivity index (χ0n) is 16.2. The van der Waals surface area contributed by atoms with Gasteiger partial charge in [-0.3, -0.25) is 0 Å². The highest BCUT2D eigenvalue weighted by molar-refractivity contribution is 5.68. The summed E-state index contributed by atoms with van der Waals surface area (Å²) in [4.78, 5) is 19.1. The van der Waals surface area contributed by atoms with E-state index in [9.17, 15) is 4.79 Å². The first kappa shape index (κ1) is 19.2. The molecule has 3 rings (SSSR count). The van der Waals surface area contributed by atoms with Gasteiger partial charge in [-0.25, -0.2) is 9.78 Å². The molecular formula is C22H29N3O2. The van der Waals surface area contributed by atoms with E-state index < -0.39 is 0 Å². The Labute approximate surface area is 161 Å². The zero-order chi connectivity index (χ0) is 19.1. The number of benzene rings is 1. The van der Waals surface area contributed by atoms with Gasteiger partial charge in [-0.15, -0.1) is 0 Å². The standard InChI is InChI=1S/C22H29N3O2/c1-3-17(2)24-21-13-12-19(15-23-21)20-11-7-8-14-25(20)22(26)27-16-18-9-5-4-6-10-18/h4-6,9-10,12-13,15,17,20H,3,7-8,11,14,16H2,1-2H3,(H,23,24)/t17-,20+/m1/s1. The van der Waals surface area contributed by atoms with Gasteiger partial charge < -0.3 is 15.0 Å². The van der Waals surface area contributed by atoms with Crippen LogP contribution in [0.1, 0.15) is 56.7 Å². The van der Waals surface area contributed by atoms with Crippen LogP contribution in [0.5, 0.6) is 0 Å². The lowest BCUT2D eigenvalue weighted by atomic mass is 9.97. The predicted octanol–water partition coefficient (Wildman–Crippen LogP) is 5.16. The average Bonchev–Trinajstić information content (AvgIpc) is 2.73. The number of carbonyl (C=O) groups is 1. The van der Waals surface area contributed by atoms with Gasteiger partial charge in [-0.1, -0.05) is 43.3 Å². The number of pyridine rings is 1. The molecule has 0 saturated carbocycles. The molecule has 2 aromatic rings. The smallest absolute Gasteiger partial charge is 0.410 e. The van der Waals surface area contributed by atoms with Crippen molar-refractivity contribution in [2.75, 3.05) is 11.9 Å². The Balaban J connectivity index is 1.64. The Hall–Kier alpha value is -2.56. The van der Waals surface area contributed by atoms with E-state index in [-0.39, 0.29) is 12.1 Å². The number of hydrogen-bond acceptors (Lipinski definition) is 4. The molecule has 1 fully saturated rings. The molecule has 1 N–H and O–H groups in total. The van der Waals surface area contributed by atoms with Gasteiger partial charge in [0.25, 0.3) is 0 Å². The highest BCUT2D eigenvalue weighted by Gasteiger charge is 2.29. The molecule has 5 nitrogen and oxygen atoms in total. The van der Waals surface area contributed by atoms with Gasteiger partial charge in [0.15, 0.2) is 0 Å². The monoisotopic (exact) mass is 367 g/mol. The minimum absolute atomic E-state index is 0.0344. The number of aromatic nitrogens is 1. The van der Waals surface area contributed by atoms with Gasteiger partial charge in [0.1, 0.15) is 12.4 Å². The number of carbonyl (C=O) groups excluding carboxylic acids is 1. The molecule has 1 amide bonds. The quantitative estimate of drug-likeness (QED) is 0.766. The normalized spacial score (nSPS) is 18.0. The van der Waals surface area contributed by atoms with Gasteiger partial charge in [-0.05, 0) is 49.8 Å². The van der Waals surface area contributed by atoms with Crippen molar-refractivity contribution in [3.05, 3.63) is 59.8 Å².